The van der Waals surface area contributed by atoms with Crippen molar-refractivity contribution < 1.29 is 9.84 Å². The Balaban J connectivity index is 1.45. The molecule has 1 saturated heterocycles. The minimum atomic E-state index is -0.468. The summed E-state index contributed by atoms with van der Waals surface area (Å²) >= 11 is 0. The summed E-state index contributed by atoms with van der Waals surface area (Å²) in [6, 6.07) is 16.6. The molecule has 1 unspecified atom stereocenters. The molecule has 1 fully saturated rings. The van der Waals surface area contributed by atoms with Crippen molar-refractivity contribution in [2.75, 3.05) is 44.2 Å². The molecule has 4 nitrogen and oxygen atoms in total. The minimum Gasteiger partial charge on any atom is -0.491 e. The molecule has 140 valence electrons. The molecule has 2 aromatic carbocycles. The molecule has 0 radical (unpaired) electrons. The van der Waals surface area contributed by atoms with Crippen LogP contribution in [-0.2, 0) is 6.42 Å². The van der Waals surface area contributed by atoms with Crippen molar-refractivity contribution in [1.82, 2.24) is 4.90 Å². The van der Waals surface area contributed by atoms with Gasteiger partial charge < -0.3 is 14.7 Å². The van der Waals surface area contributed by atoms with Crippen molar-refractivity contribution in [1.29, 1.82) is 0 Å². The standard InChI is InChI=1S/C22H30N2O2/c1-3-19-9-5-6-10-21(19)24-14-12-23(13-15-24)16-20(25)17-26-22-11-7-4-8-18(22)2/h4-11,20,25H,3,12-17H2,1-2H3. The van der Waals surface area contributed by atoms with Crippen molar-refractivity contribution in [2.45, 2.75) is 26.4 Å². The van der Waals surface area contributed by atoms with Crippen LogP contribution in [0.1, 0.15) is 18.1 Å². The molecular weight excluding hydrogens is 324 g/mol. The summed E-state index contributed by atoms with van der Waals surface area (Å²) in [6.45, 7) is 9.18. The molecule has 1 aliphatic rings. The summed E-state index contributed by atoms with van der Waals surface area (Å²) in [5.74, 6) is 0.854. The third-order valence-corrected chi connectivity index (χ3v) is 5.08. The first kappa shape index (κ1) is 18.7. The molecule has 0 amide bonds. The molecule has 4 heteroatoms. The van der Waals surface area contributed by atoms with Gasteiger partial charge in [0.25, 0.3) is 0 Å². The van der Waals surface area contributed by atoms with Crippen molar-refractivity contribution >= 4 is 5.69 Å². The highest BCUT2D eigenvalue weighted by atomic mass is 16.5. The van der Waals surface area contributed by atoms with Crippen LogP contribution in [0, 0.1) is 6.92 Å². The summed E-state index contributed by atoms with van der Waals surface area (Å²) in [7, 11) is 0. The van der Waals surface area contributed by atoms with Gasteiger partial charge in [0.1, 0.15) is 18.5 Å². The Labute approximate surface area is 157 Å². The molecule has 1 atom stereocenters. The predicted molar refractivity (Wildman–Crippen MR) is 107 cm³/mol. The summed E-state index contributed by atoms with van der Waals surface area (Å²) in [5.41, 5.74) is 3.87. The molecule has 1 heterocycles. The minimum absolute atomic E-state index is 0.337. The van der Waals surface area contributed by atoms with Gasteiger partial charge in [-0.15, -0.1) is 0 Å². The normalized spacial score (nSPS) is 16.5. The fourth-order valence-electron chi connectivity index (χ4n) is 3.54. The number of piperazine rings is 1. The van der Waals surface area contributed by atoms with Crippen LogP contribution in [0.3, 0.4) is 0 Å². The van der Waals surface area contributed by atoms with Crippen LogP contribution in [0.25, 0.3) is 0 Å². The number of para-hydroxylation sites is 2. The van der Waals surface area contributed by atoms with Gasteiger partial charge in [0.2, 0.25) is 0 Å². The maximum Gasteiger partial charge on any atom is 0.122 e. The number of β-amino-alcohol motifs (C(OH)–C–C–N with tert-alkyl or cyclic N) is 1. The number of nitrogens with zero attached hydrogens (tertiary/aromatic N) is 2. The van der Waals surface area contributed by atoms with Gasteiger partial charge in [-0.2, -0.15) is 0 Å². The lowest BCUT2D eigenvalue weighted by atomic mass is 10.1. The first-order chi connectivity index (χ1) is 12.7. The van der Waals surface area contributed by atoms with Crippen LogP contribution < -0.4 is 9.64 Å². The zero-order chi connectivity index (χ0) is 18.4. The smallest absolute Gasteiger partial charge is 0.122 e. The summed E-state index contributed by atoms with van der Waals surface area (Å²) in [4.78, 5) is 4.79. The lowest BCUT2D eigenvalue weighted by molar-refractivity contribution is 0.0661. The number of hydrogen-bond acceptors (Lipinski definition) is 4. The van der Waals surface area contributed by atoms with Gasteiger partial charge >= 0.3 is 0 Å². The lowest BCUT2D eigenvalue weighted by Crippen LogP contribution is -2.49. The number of ether oxygens (including phenoxy) is 1. The van der Waals surface area contributed by atoms with Crippen molar-refractivity contribution in [3.63, 3.8) is 0 Å². The Morgan fingerprint density at radius 3 is 2.42 bits per heavy atom. The molecule has 0 bridgehead atoms. The fourth-order valence-corrected chi connectivity index (χ4v) is 3.54. The number of aliphatic hydroxyl groups excluding tert-OH is 1. The van der Waals surface area contributed by atoms with E-state index in [0.29, 0.717) is 13.2 Å². The van der Waals surface area contributed by atoms with Crippen LogP contribution in [0.5, 0.6) is 5.75 Å². The van der Waals surface area contributed by atoms with Gasteiger partial charge in [0.05, 0.1) is 0 Å². The summed E-state index contributed by atoms with van der Waals surface area (Å²) < 4.78 is 5.77. The second-order valence-corrected chi connectivity index (χ2v) is 7.00. The molecule has 0 spiro atoms. The Bertz CT molecular complexity index is 696. The van der Waals surface area contributed by atoms with Gasteiger partial charge in [-0.1, -0.05) is 43.3 Å². The van der Waals surface area contributed by atoms with E-state index in [1.807, 2.05) is 31.2 Å². The van der Waals surface area contributed by atoms with E-state index in [1.54, 1.807) is 0 Å². The monoisotopic (exact) mass is 354 g/mol. The Morgan fingerprint density at radius 1 is 1.00 bits per heavy atom. The fraction of sp³-hybridized carbons (Fsp3) is 0.455. The third-order valence-electron chi connectivity index (χ3n) is 5.08. The number of anilines is 1. The average Bonchev–Trinajstić information content (AvgIpc) is 2.68. The molecule has 0 aliphatic carbocycles. The average molecular weight is 354 g/mol. The molecule has 0 saturated carbocycles. The van der Waals surface area contributed by atoms with Crippen molar-refractivity contribution in [3.8, 4) is 5.75 Å². The zero-order valence-corrected chi connectivity index (χ0v) is 15.9. The van der Waals surface area contributed by atoms with Gasteiger partial charge in [0, 0.05) is 38.4 Å². The molecule has 0 aromatic heterocycles. The largest absolute Gasteiger partial charge is 0.491 e. The Morgan fingerprint density at radius 2 is 1.69 bits per heavy atom. The van der Waals surface area contributed by atoms with E-state index in [2.05, 4.69) is 41.0 Å². The highest BCUT2D eigenvalue weighted by Gasteiger charge is 2.20. The van der Waals surface area contributed by atoms with E-state index in [9.17, 15) is 5.11 Å². The van der Waals surface area contributed by atoms with E-state index >= 15 is 0 Å². The third kappa shape index (κ3) is 4.77. The van der Waals surface area contributed by atoms with Gasteiger partial charge in [-0.3, -0.25) is 4.90 Å². The zero-order valence-electron chi connectivity index (χ0n) is 15.9. The van der Waals surface area contributed by atoms with Crippen LogP contribution in [0.4, 0.5) is 5.69 Å². The molecule has 2 aromatic rings. The number of aliphatic hydroxyl groups is 1. The molecular formula is C22H30N2O2. The number of hydrogen-bond donors (Lipinski definition) is 1. The van der Waals surface area contributed by atoms with Gasteiger partial charge in [-0.25, -0.2) is 0 Å². The molecule has 1 aliphatic heterocycles. The topological polar surface area (TPSA) is 35.9 Å². The van der Waals surface area contributed by atoms with Gasteiger partial charge in [-0.05, 0) is 36.6 Å². The number of rotatable bonds is 7. The van der Waals surface area contributed by atoms with Crippen LogP contribution in [0.15, 0.2) is 48.5 Å². The van der Waals surface area contributed by atoms with E-state index < -0.39 is 6.10 Å². The Hall–Kier alpha value is -2.04. The number of aryl methyl sites for hydroxylation is 2. The van der Waals surface area contributed by atoms with Gasteiger partial charge in [0.15, 0.2) is 0 Å². The van der Waals surface area contributed by atoms with Crippen LogP contribution in [0.2, 0.25) is 0 Å². The SMILES string of the molecule is CCc1ccccc1N1CCN(CC(O)COc2ccccc2C)CC1. The summed E-state index contributed by atoms with van der Waals surface area (Å²) in [5, 5.41) is 10.3. The lowest BCUT2D eigenvalue weighted by Gasteiger charge is -2.37. The Kier molecular flexibility index (Phi) is 6.53. The highest BCUT2D eigenvalue weighted by molar-refractivity contribution is 5.54. The second-order valence-electron chi connectivity index (χ2n) is 7.00. The first-order valence-electron chi connectivity index (χ1n) is 9.59. The molecule has 1 N–H and O–H groups in total. The maximum absolute atomic E-state index is 10.3. The number of benzene rings is 2. The predicted octanol–water partition coefficient (Wildman–Crippen LogP) is 3.12. The van der Waals surface area contributed by atoms with Crippen LogP contribution in [-0.4, -0.2) is 55.4 Å². The summed E-state index contributed by atoms with van der Waals surface area (Å²) in [6.07, 6.45) is 0.592. The maximum atomic E-state index is 10.3. The second kappa shape index (κ2) is 9.06. The van der Waals surface area contributed by atoms with Crippen molar-refractivity contribution in [3.05, 3.63) is 59.7 Å². The van der Waals surface area contributed by atoms with E-state index in [0.717, 1.165) is 43.9 Å². The van der Waals surface area contributed by atoms with E-state index in [-0.39, 0.29) is 0 Å². The highest BCUT2D eigenvalue weighted by Crippen LogP contribution is 2.22. The van der Waals surface area contributed by atoms with E-state index in [4.69, 9.17) is 4.74 Å². The van der Waals surface area contributed by atoms with Crippen molar-refractivity contribution in [2.24, 2.45) is 0 Å². The molecule has 3 rings (SSSR count). The molecule has 26 heavy (non-hydrogen) atoms. The van der Waals surface area contributed by atoms with Crippen LogP contribution >= 0.6 is 0 Å². The quantitative estimate of drug-likeness (QED) is 0.829. The van der Waals surface area contributed by atoms with E-state index in [1.165, 1.54) is 11.3 Å². The first-order valence-corrected chi connectivity index (χ1v) is 9.59.